The number of benzene rings is 3. The normalized spacial score (nSPS) is 10.4. The van der Waals surface area contributed by atoms with Gasteiger partial charge in [0.1, 0.15) is 18.0 Å². The van der Waals surface area contributed by atoms with Crippen molar-refractivity contribution in [2.75, 3.05) is 23.4 Å². The number of ether oxygens (including phenoxy) is 2. The molecular weight excluding hydrogens is 499 g/mol. The molecule has 0 heterocycles. The van der Waals surface area contributed by atoms with E-state index in [0.717, 1.165) is 4.90 Å². The molecule has 0 unspecified atom stereocenters. The number of aromatic hydroxyl groups is 1. The molecule has 0 fully saturated rings. The third-order valence-electron chi connectivity index (χ3n) is 4.54. The quantitative estimate of drug-likeness (QED) is 0.344. The molecule has 0 atom stereocenters. The molecule has 182 valence electrons. The topological polar surface area (TPSA) is 125 Å². The molecule has 2 amide bonds. The van der Waals surface area contributed by atoms with Crippen LogP contribution in [0.15, 0.2) is 60.7 Å². The first-order valence-electron chi connectivity index (χ1n) is 10.2. The minimum Gasteiger partial charge on any atom is -0.507 e. The largest absolute Gasteiger partial charge is 0.507 e. The number of nitrogens with zero attached hydrogens (tertiary/aromatic N) is 1. The fourth-order valence-corrected chi connectivity index (χ4v) is 3.55. The molecule has 11 heteroatoms. The lowest BCUT2D eigenvalue weighted by atomic mass is 10.1. The van der Waals surface area contributed by atoms with Crippen LogP contribution in [0.4, 0.5) is 16.2 Å². The van der Waals surface area contributed by atoms with Crippen molar-refractivity contribution in [1.29, 1.82) is 0 Å². The van der Waals surface area contributed by atoms with Gasteiger partial charge in [-0.15, -0.1) is 0 Å². The number of phenols is 1. The van der Waals surface area contributed by atoms with E-state index >= 15 is 0 Å². The van der Waals surface area contributed by atoms with Gasteiger partial charge in [-0.25, -0.2) is 4.79 Å². The number of rotatable bonds is 8. The van der Waals surface area contributed by atoms with E-state index in [1.165, 1.54) is 30.3 Å². The summed E-state index contributed by atoms with van der Waals surface area (Å²) in [6.07, 6.45) is -0.886. The zero-order valence-electron chi connectivity index (χ0n) is 18.3. The Morgan fingerprint density at radius 2 is 1.66 bits per heavy atom. The van der Waals surface area contributed by atoms with Gasteiger partial charge in [-0.2, -0.15) is 0 Å². The van der Waals surface area contributed by atoms with Crippen molar-refractivity contribution >= 4 is 52.5 Å². The number of nitrogens with one attached hydrogen (secondary N) is 1. The molecule has 3 rings (SSSR count). The van der Waals surface area contributed by atoms with Gasteiger partial charge >= 0.3 is 12.1 Å². The standard InChI is InChI=1S/C24H20Cl2N2O7/c1-2-34-24(33)28(13-21(30)31)15-10-18(25)22(19(26)11-15)35-16-8-9-20(29)17(12-16)23(32)27-14-6-4-3-5-7-14/h3-12,29H,2,13H2,1H3,(H,27,32)(H,30,31). The number of phenolic OH excluding ortho intramolecular Hbond substituents is 1. The lowest BCUT2D eigenvalue weighted by Gasteiger charge is -2.21. The summed E-state index contributed by atoms with van der Waals surface area (Å²) in [5.74, 6) is -1.96. The monoisotopic (exact) mass is 518 g/mol. The molecule has 0 aliphatic heterocycles. The lowest BCUT2D eigenvalue weighted by Crippen LogP contribution is -2.36. The molecule has 35 heavy (non-hydrogen) atoms. The summed E-state index contributed by atoms with van der Waals surface area (Å²) in [7, 11) is 0. The van der Waals surface area contributed by atoms with Gasteiger partial charge < -0.3 is 25.0 Å². The van der Waals surface area contributed by atoms with Crippen molar-refractivity contribution in [3.8, 4) is 17.2 Å². The Labute approximate surface area is 210 Å². The van der Waals surface area contributed by atoms with Crippen LogP contribution in [-0.2, 0) is 9.53 Å². The molecule has 0 aliphatic carbocycles. The number of carbonyl (C=O) groups excluding carboxylic acids is 2. The van der Waals surface area contributed by atoms with Crippen molar-refractivity contribution in [3.63, 3.8) is 0 Å². The van der Waals surface area contributed by atoms with Crippen molar-refractivity contribution < 1.29 is 34.1 Å². The van der Waals surface area contributed by atoms with E-state index in [-0.39, 0.29) is 45.2 Å². The summed E-state index contributed by atoms with van der Waals surface area (Å²) in [5, 5.41) is 21.9. The van der Waals surface area contributed by atoms with Crippen molar-refractivity contribution in [2.45, 2.75) is 6.92 Å². The number of anilines is 2. The number of halogens is 2. The molecule has 0 saturated heterocycles. The molecule has 0 radical (unpaired) electrons. The van der Waals surface area contributed by atoms with Crippen LogP contribution in [0.1, 0.15) is 17.3 Å². The summed E-state index contributed by atoms with van der Waals surface area (Å²) in [6.45, 7) is 0.946. The predicted octanol–water partition coefficient (Wildman–Crippen LogP) is 5.79. The smallest absolute Gasteiger partial charge is 0.414 e. The van der Waals surface area contributed by atoms with E-state index in [4.69, 9.17) is 37.8 Å². The van der Waals surface area contributed by atoms with Gasteiger partial charge in [-0.1, -0.05) is 41.4 Å². The van der Waals surface area contributed by atoms with E-state index < -0.39 is 24.5 Å². The highest BCUT2D eigenvalue weighted by Crippen LogP contribution is 2.40. The van der Waals surface area contributed by atoms with Gasteiger partial charge in [0.05, 0.1) is 27.9 Å². The number of carbonyl (C=O) groups is 3. The summed E-state index contributed by atoms with van der Waals surface area (Å²) in [5.41, 5.74) is 0.574. The minimum absolute atomic E-state index is 0.00340. The van der Waals surface area contributed by atoms with Crippen LogP contribution in [0.5, 0.6) is 17.2 Å². The number of carboxylic acid groups (broad SMARTS) is 1. The Morgan fingerprint density at radius 3 is 2.26 bits per heavy atom. The maximum absolute atomic E-state index is 12.6. The average molecular weight is 519 g/mol. The van der Waals surface area contributed by atoms with Gasteiger partial charge in [0.25, 0.3) is 5.91 Å². The zero-order valence-corrected chi connectivity index (χ0v) is 19.8. The van der Waals surface area contributed by atoms with Crippen LogP contribution in [0.2, 0.25) is 10.0 Å². The van der Waals surface area contributed by atoms with Gasteiger partial charge in [0, 0.05) is 5.69 Å². The van der Waals surface area contributed by atoms with Crippen LogP contribution in [0.3, 0.4) is 0 Å². The average Bonchev–Trinajstić information content (AvgIpc) is 2.81. The van der Waals surface area contributed by atoms with Gasteiger partial charge in [-0.3, -0.25) is 14.5 Å². The van der Waals surface area contributed by atoms with Crippen molar-refractivity contribution in [3.05, 3.63) is 76.3 Å². The Kier molecular flexibility index (Phi) is 8.40. The van der Waals surface area contributed by atoms with Gasteiger partial charge in [0.2, 0.25) is 0 Å². The highest BCUT2D eigenvalue weighted by Gasteiger charge is 2.23. The van der Waals surface area contributed by atoms with Crippen LogP contribution < -0.4 is 15.0 Å². The molecular formula is C24H20Cl2N2O7. The number of hydrogen-bond donors (Lipinski definition) is 3. The summed E-state index contributed by atoms with van der Waals surface area (Å²) in [4.78, 5) is 36.9. The van der Waals surface area contributed by atoms with Crippen molar-refractivity contribution in [1.82, 2.24) is 0 Å². The fraction of sp³-hybridized carbons (Fsp3) is 0.125. The summed E-state index contributed by atoms with van der Waals surface area (Å²) < 4.78 is 10.7. The van der Waals surface area contributed by atoms with Crippen LogP contribution in [0, 0.1) is 0 Å². The molecule has 3 aromatic rings. The van der Waals surface area contributed by atoms with Gasteiger partial charge in [0.15, 0.2) is 5.75 Å². The first-order chi connectivity index (χ1) is 16.7. The number of aliphatic carboxylic acids is 1. The maximum atomic E-state index is 12.6. The van der Waals surface area contributed by atoms with E-state index in [2.05, 4.69) is 5.32 Å². The first-order valence-corrected chi connectivity index (χ1v) is 11.0. The van der Waals surface area contributed by atoms with Crippen LogP contribution >= 0.6 is 23.2 Å². The second-order valence-electron chi connectivity index (χ2n) is 7.02. The van der Waals surface area contributed by atoms with E-state index in [1.54, 1.807) is 37.3 Å². The third kappa shape index (κ3) is 6.56. The minimum atomic E-state index is -1.27. The number of amides is 2. The molecule has 0 aromatic heterocycles. The van der Waals surface area contributed by atoms with E-state index in [0.29, 0.717) is 5.69 Å². The Balaban J connectivity index is 1.87. The maximum Gasteiger partial charge on any atom is 0.414 e. The second kappa shape index (κ2) is 11.5. The summed E-state index contributed by atoms with van der Waals surface area (Å²) >= 11 is 12.6. The highest BCUT2D eigenvalue weighted by molar-refractivity contribution is 6.37. The summed E-state index contributed by atoms with van der Waals surface area (Å²) in [6, 6.07) is 15.3. The molecule has 0 aliphatic rings. The number of hydrogen-bond acceptors (Lipinski definition) is 6. The van der Waals surface area contributed by atoms with Crippen molar-refractivity contribution in [2.24, 2.45) is 0 Å². The molecule has 0 saturated carbocycles. The van der Waals surface area contributed by atoms with E-state index in [1.807, 2.05) is 0 Å². The molecule has 3 N–H and O–H groups in total. The first kappa shape index (κ1) is 25.7. The molecule has 0 bridgehead atoms. The number of carboxylic acids is 1. The molecule has 0 spiro atoms. The van der Waals surface area contributed by atoms with Crippen LogP contribution in [-0.4, -0.2) is 41.3 Å². The highest BCUT2D eigenvalue weighted by atomic mass is 35.5. The molecule has 9 nitrogen and oxygen atoms in total. The van der Waals surface area contributed by atoms with Gasteiger partial charge in [-0.05, 0) is 49.4 Å². The zero-order chi connectivity index (χ0) is 25.5. The Bertz CT molecular complexity index is 1230. The molecule has 3 aromatic carbocycles. The second-order valence-corrected chi connectivity index (χ2v) is 7.83. The SMILES string of the molecule is CCOC(=O)N(CC(=O)O)c1cc(Cl)c(Oc2ccc(O)c(C(=O)Nc3ccccc3)c2)c(Cl)c1. The lowest BCUT2D eigenvalue weighted by molar-refractivity contribution is -0.135. The van der Waals surface area contributed by atoms with E-state index in [9.17, 15) is 19.5 Å². The predicted molar refractivity (Wildman–Crippen MR) is 131 cm³/mol. The van der Waals surface area contributed by atoms with Crippen LogP contribution in [0.25, 0.3) is 0 Å². The number of para-hydroxylation sites is 1. The Hall–Kier alpha value is -3.95. The Morgan fingerprint density at radius 1 is 1.00 bits per heavy atom. The fourth-order valence-electron chi connectivity index (χ4n) is 3.00. The third-order valence-corrected chi connectivity index (χ3v) is 5.10.